The lowest BCUT2D eigenvalue weighted by molar-refractivity contribution is 0.199. The van der Waals surface area contributed by atoms with Crippen LogP contribution >= 0.6 is 11.6 Å². The fourth-order valence-corrected chi connectivity index (χ4v) is 1.49. The van der Waals surface area contributed by atoms with Gasteiger partial charge < -0.3 is 4.74 Å². The van der Waals surface area contributed by atoms with Crippen molar-refractivity contribution in [2.24, 2.45) is 0 Å². The topological polar surface area (TPSA) is 9.23 Å². The molecule has 0 spiro atoms. The number of benzene rings is 1. The normalized spacial score (nSPS) is 11.2. The summed E-state index contributed by atoms with van der Waals surface area (Å²) < 4.78 is 5.40. The molecule has 17 heavy (non-hydrogen) atoms. The van der Waals surface area contributed by atoms with E-state index in [0.717, 1.165) is 24.8 Å². The van der Waals surface area contributed by atoms with Gasteiger partial charge in [0.15, 0.2) is 6.10 Å². The molecule has 0 saturated heterocycles. The predicted octanol–water partition coefficient (Wildman–Crippen LogP) is 4.73. The minimum Gasteiger partial charge on any atom is -0.481 e. The Morgan fingerprint density at radius 3 is 2.71 bits per heavy atom. The molecular weight excluding hydrogens is 232 g/mol. The zero-order valence-corrected chi connectivity index (χ0v) is 10.8. The Hall–Kier alpha value is -1.39. The molecule has 0 N–H and O–H groups in total. The van der Waals surface area contributed by atoms with Crippen molar-refractivity contribution in [2.75, 3.05) is 0 Å². The number of halogens is 1. The van der Waals surface area contributed by atoms with Crippen LogP contribution in [0.2, 0.25) is 5.02 Å². The summed E-state index contributed by atoms with van der Waals surface area (Å²) in [6.45, 7) is 5.72. The van der Waals surface area contributed by atoms with Gasteiger partial charge in [-0.15, -0.1) is 0 Å². The van der Waals surface area contributed by atoms with Crippen molar-refractivity contribution in [3.05, 3.63) is 47.7 Å². The molecule has 2 heteroatoms. The van der Waals surface area contributed by atoms with Crippen LogP contribution in [0.1, 0.15) is 37.9 Å². The highest BCUT2D eigenvalue weighted by molar-refractivity contribution is 6.30. The minimum atomic E-state index is -0.248. The van der Waals surface area contributed by atoms with E-state index in [-0.39, 0.29) is 6.10 Å². The second-order valence-electron chi connectivity index (χ2n) is 3.66. The number of hydrogen-bond acceptors (Lipinski definition) is 1. The second kappa shape index (κ2) is 7.81. The van der Waals surface area contributed by atoms with Crippen molar-refractivity contribution < 1.29 is 4.74 Å². The summed E-state index contributed by atoms with van der Waals surface area (Å²) in [6.07, 6.45) is 4.35. The van der Waals surface area contributed by atoms with Crippen LogP contribution in [0.25, 0.3) is 0 Å². The first-order valence-corrected chi connectivity index (χ1v) is 6.16. The third kappa shape index (κ3) is 4.97. The van der Waals surface area contributed by atoms with Gasteiger partial charge in [-0.2, -0.15) is 0 Å². The molecule has 1 nitrogen and oxygen atoms in total. The van der Waals surface area contributed by atoms with E-state index in [1.54, 1.807) is 0 Å². The van der Waals surface area contributed by atoms with Crippen LogP contribution in [0.3, 0.4) is 0 Å². The molecule has 0 aliphatic rings. The van der Waals surface area contributed by atoms with Crippen molar-refractivity contribution in [2.45, 2.75) is 32.3 Å². The molecule has 0 bridgehead atoms. The Balaban J connectivity index is 2.73. The van der Waals surface area contributed by atoms with Crippen LogP contribution < -0.4 is 0 Å². The Morgan fingerprint density at radius 2 is 2.12 bits per heavy atom. The van der Waals surface area contributed by atoms with Gasteiger partial charge in [0, 0.05) is 17.0 Å². The maximum Gasteiger partial charge on any atom is 0.183 e. The molecule has 0 aromatic heterocycles. The van der Waals surface area contributed by atoms with E-state index in [1.165, 1.54) is 6.26 Å². The maximum absolute atomic E-state index is 5.84. The van der Waals surface area contributed by atoms with E-state index >= 15 is 0 Å². The molecule has 1 unspecified atom stereocenters. The predicted molar refractivity (Wildman–Crippen MR) is 72.8 cm³/mol. The van der Waals surface area contributed by atoms with Gasteiger partial charge in [-0.1, -0.05) is 55.5 Å². The third-order valence-electron chi connectivity index (χ3n) is 2.29. The maximum atomic E-state index is 5.84. The van der Waals surface area contributed by atoms with Gasteiger partial charge in [0.2, 0.25) is 0 Å². The lowest BCUT2D eigenvalue weighted by Crippen LogP contribution is -1.97. The van der Waals surface area contributed by atoms with E-state index < -0.39 is 0 Å². The monoisotopic (exact) mass is 248 g/mol. The first kappa shape index (κ1) is 13.7. The van der Waals surface area contributed by atoms with Crippen LogP contribution in [0.15, 0.2) is 37.1 Å². The molecule has 0 fully saturated rings. The highest BCUT2D eigenvalue weighted by atomic mass is 35.5. The molecule has 0 heterocycles. The van der Waals surface area contributed by atoms with Gasteiger partial charge in [0.1, 0.15) is 0 Å². The zero-order valence-electron chi connectivity index (χ0n) is 10.1. The molecule has 90 valence electrons. The van der Waals surface area contributed by atoms with Crippen LogP contribution in [-0.2, 0) is 4.74 Å². The SMILES string of the molecule is C=COC(C#CCCCC)c1ccc(Cl)cc1. The average Bonchev–Trinajstić information content (AvgIpc) is 2.34. The van der Waals surface area contributed by atoms with Crippen molar-refractivity contribution in [1.29, 1.82) is 0 Å². The van der Waals surface area contributed by atoms with Crippen molar-refractivity contribution >= 4 is 11.6 Å². The molecule has 0 radical (unpaired) electrons. The Kier molecular flexibility index (Phi) is 6.29. The molecule has 1 atom stereocenters. The van der Waals surface area contributed by atoms with E-state index in [1.807, 2.05) is 24.3 Å². The number of ether oxygens (including phenoxy) is 1. The zero-order chi connectivity index (χ0) is 12.5. The molecule has 0 aliphatic heterocycles. The third-order valence-corrected chi connectivity index (χ3v) is 2.55. The van der Waals surface area contributed by atoms with Crippen molar-refractivity contribution in [3.63, 3.8) is 0 Å². The van der Waals surface area contributed by atoms with E-state index in [4.69, 9.17) is 16.3 Å². The molecule has 0 saturated carbocycles. The van der Waals surface area contributed by atoms with Crippen molar-refractivity contribution in [3.8, 4) is 11.8 Å². The summed E-state index contributed by atoms with van der Waals surface area (Å²) in [7, 11) is 0. The largest absolute Gasteiger partial charge is 0.481 e. The van der Waals surface area contributed by atoms with Gasteiger partial charge in [-0.3, -0.25) is 0 Å². The standard InChI is InChI=1S/C15H17ClO/c1-3-5-6-7-8-15(17-4-2)13-9-11-14(16)12-10-13/h4,9-12,15H,2-3,5-6H2,1H3. The summed E-state index contributed by atoms with van der Waals surface area (Å²) >= 11 is 5.84. The molecular formula is C15H17ClO. The fourth-order valence-electron chi connectivity index (χ4n) is 1.36. The van der Waals surface area contributed by atoms with Crippen LogP contribution in [0.5, 0.6) is 0 Å². The number of rotatable bonds is 5. The van der Waals surface area contributed by atoms with Gasteiger partial charge >= 0.3 is 0 Å². The second-order valence-corrected chi connectivity index (χ2v) is 4.10. The van der Waals surface area contributed by atoms with Gasteiger partial charge in [0.05, 0.1) is 6.26 Å². The Morgan fingerprint density at radius 1 is 1.41 bits per heavy atom. The molecule has 0 amide bonds. The minimum absolute atomic E-state index is 0.248. The summed E-state index contributed by atoms with van der Waals surface area (Å²) in [5.74, 6) is 6.23. The van der Waals surface area contributed by atoms with E-state index in [9.17, 15) is 0 Å². The molecule has 1 rings (SSSR count). The highest BCUT2D eigenvalue weighted by Gasteiger charge is 2.06. The summed E-state index contributed by atoms with van der Waals surface area (Å²) in [6, 6.07) is 7.52. The Labute approximate surface area is 108 Å². The van der Waals surface area contributed by atoms with Gasteiger partial charge in [0.25, 0.3) is 0 Å². The quantitative estimate of drug-likeness (QED) is 0.416. The first-order chi connectivity index (χ1) is 8.27. The van der Waals surface area contributed by atoms with Crippen molar-refractivity contribution in [1.82, 2.24) is 0 Å². The lowest BCUT2D eigenvalue weighted by atomic mass is 10.1. The molecule has 1 aromatic rings. The fraction of sp³-hybridized carbons (Fsp3) is 0.333. The summed E-state index contributed by atoms with van der Waals surface area (Å²) in [4.78, 5) is 0. The van der Waals surface area contributed by atoms with Crippen LogP contribution in [0, 0.1) is 11.8 Å². The van der Waals surface area contributed by atoms with Crippen LogP contribution in [-0.4, -0.2) is 0 Å². The molecule has 1 aromatic carbocycles. The smallest absolute Gasteiger partial charge is 0.183 e. The first-order valence-electron chi connectivity index (χ1n) is 5.78. The van der Waals surface area contributed by atoms with E-state index in [0.29, 0.717) is 5.02 Å². The summed E-state index contributed by atoms with van der Waals surface area (Å²) in [5, 5.41) is 0.713. The van der Waals surface area contributed by atoms with Crippen LogP contribution in [0.4, 0.5) is 0 Å². The lowest BCUT2D eigenvalue weighted by Gasteiger charge is -2.10. The number of hydrogen-bond donors (Lipinski definition) is 0. The van der Waals surface area contributed by atoms with Gasteiger partial charge in [-0.05, 0) is 18.6 Å². The summed E-state index contributed by atoms with van der Waals surface area (Å²) in [5.41, 5.74) is 0.998. The molecule has 0 aliphatic carbocycles. The van der Waals surface area contributed by atoms with E-state index in [2.05, 4.69) is 25.3 Å². The Bertz CT molecular complexity index is 397. The number of unbranched alkanes of at least 4 members (excludes halogenated alkanes) is 2. The highest BCUT2D eigenvalue weighted by Crippen LogP contribution is 2.19. The van der Waals surface area contributed by atoms with Gasteiger partial charge in [-0.25, -0.2) is 0 Å². The average molecular weight is 249 g/mol.